The van der Waals surface area contributed by atoms with Gasteiger partial charge in [-0.05, 0) is 31.9 Å². The van der Waals surface area contributed by atoms with Gasteiger partial charge in [-0.3, -0.25) is 9.59 Å². The van der Waals surface area contributed by atoms with Gasteiger partial charge in [-0.1, -0.05) is 12.1 Å². The van der Waals surface area contributed by atoms with E-state index in [0.29, 0.717) is 37.6 Å². The number of benzene rings is 1. The molecule has 1 atom stereocenters. The molecule has 1 unspecified atom stereocenters. The Morgan fingerprint density at radius 3 is 2.64 bits per heavy atom. The van der Waals surface area contributed by atoms with E-state index in [1.807, 2.05) is 24.0 Å². The van der Waals surface area contributed by atoms with Crippen molar-refractivity contribution in [3.63, 3.8) is 0 Å². The van der Waals surface area contributed by atoms with Crippen LogP contribution in [-0.4, -0.2) is 67.0 Å². The first-order valence-electron chi connectivity index (χ1n) is 8.74. The van der Waals surface area contributed by atoms with Crippen molar-refractivity contribution in [3.05, 3.63) is 29.8 Å². The van der Waals surface area contributed by atoms with Crippen LogP contribution in [0.1, 0.15) is 30.1 Å². The van der Waals surface area contributed by atoms with Gasteiger partial charge in [0.15, 0.2) is 0 Å². The Morgan fingerprint density at radius 2 is 1.92 bits per heavy atom. The van der Waals surface area contributed by atoms with Crippen LogP contribution in [0.25, 0.3) is 0 Å². The van der Waals surface area contributed by atoms with Crippen molar-refractivity contribution in [2.75, 3.05) is 39.3 Å². The molecule has 7 heteroatoms. The highest BCUT2D eigenvalue weighted by Gasteiger charge is 2.37. The Labute approximate surface area is 154 Å². The third-order valence-electron chi connectivity index (χ3n) is 4.64. The third kappa shape index (κ3) is 4.25. The molecule has 3 rings (SSSR count). The molecule has 0 saturated carbocycles. The van der Waals surface area contributed by atoms with Gasteiger partial charge in [-0.25, -0.2) is 0 Å². The number of hydrogen-bond donors (Lipinski definition) is 1. The molecule has 2 heterocycles. The van der Waals surface area contributed by atoms with E-state index in [0.717, 1.165) is 25.9 Å². The Kier molecular flexibility index (Phi) is 7.08. The van der Waals surface area contributed by atoms with E-state index in [1.165, 1.54) is 0 Å². The summed E-state index contributed by atoms with van der Waals surface area (Å²) >= 11 is 0. The second-order valence-electron chi connectivity index (χ2n) is 6.16. The summed E-state index contributed by atoms with van der Waals surface area (Å²) in [6.45, 7) is 6.10. The van der Waals surface area contributed by atoms with Crippen LogP contribution in [0.3, 0.4) is 0 Å². The summed E-state index contributed by atoms with van der Waals surface area (Å²) in [4.78, 5) is 29.4. The third-order valence-corrected chi connectivity index (χ3v) is 4.64. The number of para-hydroxylation sites is 1. The maximum absolute atomic E-state index is 13.0. The van der Waals surface area contributed by atoms with Gasteiger partial charge >= 0.3 is 0 Å². The fourth-order valence-electron chi connectivity index (χ4n) is 3.44. The Bertz CT molecular complexity index is 605. The van der Waals surface area contributed by atoms with Gasteiger partial charge in [0.2, 0.25) is 5.91 Å². The lowest BCUT2D eigenvalue weighted by Crippen LogP contribution is -2.53. The number of nitrogens with zero attached hydrogens (tertiary/aromatic N) is 2. The molecule has 0 bridgehead atoms. The van der Waals surface area contributed by atoms with Crippen LogP contribution in [0.15, 0.2) is 24.3 Å². The second-order valence-corrected chi connectivity index (χ2v) is 6.16. The molecular formula is C18H26ClN3O3. The molecule has 138 valence electrons. The van der Waals surface area contributed by atoms with Gasteiger partial charge in [0.1, 0.15) is 11.8 Å². The first kappa shape index (κ1) is 19.5. The summed E-state index contributed by atoms with van der Waals surface area (Å²) in [6.07, 6.45) is 1.61. The zero-order chi connectivity index (χ0) is 16.9. The summed E-state index contributed by atoms with van der Waals surface area (Å²) in [6, 6.07) is 6.93. The number of halogens is 1. The van der Waals surface area contributed by atoms with Crippen molar-refractivity contribution < 1.29 is 14.3 Å². The summed E-state index contributed by atoms with van der Waals surface area (Å²) in [5.74, 6) is 0.562. The van der Waals surface area contributed by atoms with Gasteiger partial charge in [0, 0.05) is 32.7 Å². The number of nitrogens with one attached hydrogen (secondary N) is 1. The standard InChI is InChI=1S/C18H25N3O3.ClH/c1-2-24-16-8-4-3-6-14(16)17(22)21-11-5-7-15(21)18(23)20-12-9-19-10-13-20;/h3-4,6,8,15,19H,2,5,7,9-13H2,1H3;1H. The molecule has 2 amide bonds. The van der Waals surface area contributed by atoms with Crippen LogP contribution in [0.2, 0.25) is 0 Å². The smallest absolute Gasteiger partial charge is 0.258 e. The predicted octanol–water partition coefficient (Wildman–Crippen LogP) is 1.54. The van der Waals surface area contributed by atoms with E-state index >= 15 is 0 Å². The SMILES string of the molecule is CCOc1ccccc1C(=O)N1CCCC1C(=O)N1CCNCC1.Cl. The number of carbonyl (C=O) groups excluding carboxylic acids is 2. The molecule has 0 aliphatic carbocycles. The summed E-state index contributed by atoms with van der Waals surface area (Å²) in [7, 11) is 0. The van der Waals surface area contributed by atoms with Gasteiger partial charge in [-0.15, -0.1) is 12.4 Å². The number of carbonyl (C=O) groups is 2. The van der Waals surface area contributed by atoms with Crippen LogP contribution in [0.5, 0.6) is 5.75 Å². The first-order valence-corrected chi connectivity index (χ1v) is 8.74. The summed E-state index contributed by atoms with van der Waals surface area (Å²) in [5.41, 5.74) is 0.541. The molecule has 1 N–H and O–H groups in total. The molecule has 1 aromatic rings. The van der Waals surface area contributed by atoms with Crippen molar-refractivity contribution in [2.24, 2.45) is 0 Å². The second kappa shape index (κ2) is 9.06. The highest BCUT2D eigenvalue weighted by atomic mass is 35.5. The first-order chi connectivity index (χ1) is 11.7. The lowest BCUT2D eigenvalue weighted by Gasteiger charge is -2.33. The van der Waals surface area contributed by atoms with Crippen LogP contribution < -0.4 is 10.1 Å². The highest BCUT2D eigenvalue weighted by molar-refractivity contribution is 6.00. The van der Waals surface area contributed by atoms with Crippen LogP contribution in [-0.2, 0) is 4.79 Å². The zero-order valence-electron chi connectivity index (χ0n) is 14.6. The molecular weight excluding hydrogens is 342 g/mol. The van der Waals surface area contributed by atoms with Crippen molar-refractivity contribution in [2.45, 2.75) is 25.8 Å². The average Bonchev–Trinajstić information content (AvgIpc) is 3.12. The Morgan fingerprint density at radius 1 is 1.20 bits per heavy atom. The van der Waals surface area contributed by atoms with Gasteiger partial charge in [-0.2, -0.15) is 0 Å². The molecule has 2 saturated heterocycles. The van der Waals surface area contributed by atoms with E-state index in [9.17, 15) is 9.59 Å². The Hall–Kier alpha value is -1.79. The normalized spacial score (nSPS) is 20.1. The number of piperazine rings is 1. The van der Waals surface area contributed by atoms with Crippen LogP contribution >= 0.6 is 12.4 Å². The van der Waals surface area contributed by atoms with Crippen molar-refractivity contribution in [1.29, 1.82) is 0 Å². The predicted molar refractivity (Wildman–Crippen MR) is 98.4 cm³/mol. The molecule has 6 nitrogen and oxygen atoms in total. The van der Waals surface area contributed by atoms with Crippen molar-refractivity contribution in [1.82, 2.24) is 15.1 Å². The fourth-order valence-corrected chi connectivity index (χ4v) is 3.44. The maximum Gasteiger partial charge on any atom is 0.258 e. The molecule has 0 aromatic heterocycles. The molecule has 2 aliphatic heterocycles. The molecule has 1 aromatic carbocycles. The topological polar surface area (TPSA) is 61.9 Å². The zero-order valence-corrected chi connectivity index (χ0v) is 15.4. The fraction of sp³-hybridized carbons (Fsp3) is 0.556. The quantitative estimate of drug-likeness (QED) is 0.877. The largest absolute Gasteiger partial charge is 0.493 e. The van der Waals surface area contributed by atoms with E-state index in [4.69, 9.17) is 4.74 Å². The number of likely N-dealkylation sites (tertiary alicyclic amines) is 1. The van der Waals surface area contributed by atoms with Gasteiger partial charge in [0.25, 0.3) is 5.91 Å². The maximum atomic E-state index is 13.0. The van der Waals surface area contributed by atoms with Gasteiger partial charge in [0.05, 0.1) is 12.2 Å². The lowest BCUT2D eigenvalue weighted by molar-refractivity contribution is -0.135. The number of hydrogen-bond acceptors (Lipinski definition) is 4. The highest BCUT2D eigenvalue weighted by Crippen LogP contribution is 2.26. The minimum atomic E-state index is -0.342. The molecule has 2 fully saturated rings. The molecule has 0 radical (unpaired) electrons. The monoisotopic (exact) mass is 367 g/mol. The number of amides is 2. The number of ether oxygens (including phenoxy) is 1. The van der Waals surface area contributed by atoms with E-state index < -0.39 is 0 Å². The van der Waals surface area contributed by atoms with E-state index in [-0.39, 0.29) is 30.3 Å². The lowest BCUT2D eigenvalue weighted by atomic mass is 10.1. The van der Waals surface area contributed by atoms with Crippen LogP contribution in [0.4, 0.5) is 0 Å². The minimum absolute atomic E-state index is 0. The molecule has 0 spiro atoms. The Balaban J connectivity index is 0.00000225. The van der Waals surface area contributed by atoms with Gasteiger partial charge < -0.3 is 19.9 Å². The summed E-state index contributed by atoms with van der Waals surface area (Å²) < 4.78 is 5.58. The van der Waals surface area contributed by atoms with E-state index in [1.54, 1.807) is 17.0 Å². The van der Waals surface area contributed by atoms with Crippen LogP contribution in [0, 0.1) is 0 Å². The summed E-state index contributed by atoms with van der Waals surface area (Å²) in [5, 5.41) is 3.25. The molecule has 25 heavy (non-hydrogen) atoms. The van der Waals surface area contributed by atoms with E-state index in [2.05, 4.69) is 5.32 Å². The average molecular weight is 368 g/mol. The number of rotatable bonds is 4. The van der Waals surface area contributed by atoms with Crippen molar-refractivity contribution in [3.8, 4) is 5.75 Å². The van der Waals surface area contributed by atoms with Crippen molar-refractivity contribution >= 4 is 24.2 Å². The minimum Gasteiger partial charge on any atom is -0.493 e. The molecule has 2 aliphatic rings.